The minimum Gasteiger partial charge on any atom is -0.486 e. The lowest BCUT2D eigenvalue weighted by molar-refractivity contribution is 0.423. The Balaban J connectivity index is 1.86. The normalized spacial score (nSPS) is 10.2. The molecule has 1 aromatic carbocycles. The Kier molecular flexibility index (Phi) is 3.98. The molecule has 1 heterocycles. The summed E-state index contributed by atoms with van der Waals surface area (Å²) in [5.41, 5.74) is 2.28. The SMILES string of the molecule is COc1sc(NCCc2ccccc2)nc1C. The summed E-state index contributed by atoms with van der Waals surface area (Å²) in [7, 11) is 1.67. The molecule has 0 aliphatic rings. The molecule has 0 saturated carbocycles. The zero-order valence-corrected chi connectivity index (χ0v) is 10.9. The molecular weight excluding hydrogens is 232 g/mol. The van der Waals surface area contributed by atoms with Crippen LogP contribution in [-0.4, -0.2) is 18.6 Å². The van der Waals surface area contributed by atoms with E-state index in [0.29, 0.717) is 0 Å². The molecule has 17 heavy (non-hydrogen) atoms. The molecule has 0 spiro atoms. The molecule has 0 amide bonds. The molecule has 3 nitrogen and oxygen atoms in total. The minimum absolute atomic E-state index is 0.882. The van der Waals surface area contributed by atoms with E-state index in [1.807, 2.05) is 13.0 Å². The average Bonchev–Trinajstić information content (AvgIpc) is 2.71. The van der Waals surface area contributed by atoms with E-state index in [1.54, 1.807) is 18.4 Å². The number of rotatable bonds is 5. The molecule has 0 radical (unpaired) electrons. The summed E-state index contributed by atoms with van der Waals surface area (Å²) >= 11 is 1.55. The number of aromatic nitrogens is 1. The van der Waals surface area contributed by atoms with Crippen molar-refractivity contribution in [1.29, 1.82) is 0 Å². The van der Waals surface area contributed by atoms with Crippen LogP contribution in [0.1, 0.15) is 11.3 Å². The fraction of sp³-hybridized carbons (Fsp3) is 0.308. The molecule has 0 saturated heterocycles. The largest absolute Gasteiger partial charge is 0.486 e. The maximum atomic E-state index is 5.21. The fourth-order valence-electron chi connectivity index (χ4n) is 1.61. The van der Waals surface area contributed by atoms with Crippen molar-refractivity contribution in [3.63, 3.8) is 0 Å². The van der Waals surface area contributed by atoms with E-state index in [2.05, 4.69) is 34.6 Å². The molecule has 0 aliphatic carbocycles. The molecule has 0 bridgehead atoms. The monoisotopic (exact) mass is 248 g/mol. The highest BCUT2D eigenvalue weighted by Gasteiger charge is 2.06. The smallest absolute Gasteiger partial charge is 0.198 e. The topological polar surface area (TPSA) is 34.1 Å². The number of hydrogen-bond donors (Lipinski definition) is 1. The van der Waals surface area contributed by atoms with Gasteiger partial charge in [-0.1, -0.05) is 41.7 Å². The van der Waals surface area contributed by atoms with Gasteiger partial charge in [0.25, 0.3) is 0 Å². The quantitative estimate of drug-likeness (QED) is 0.882. The van der Waals surface area contributed by atoms with Gasteiger partial charge in [0.1, 0.15) is 0 Å². The van der Waals surface area contributed by atoms with E-state index in [-0.39, 0.29) is 0 Å². The molecule has 2 aromatic rings. The predicted octanol–water partition coefficient (Wildman–Crippen LogP) is 3.11. The summed E-state index contributed by atoms with van der Waals surface area (Å²) in [6.07, 6.45) is 1.00. The van der Waals surface area contributed by atoms with Crippen molar-refractivity contribution >= 4 is 16.5 Å². The second-order valence-electron chi connectivity index (χ2n) is 3.76. The first kappa shape index (κ1) is 11.9. The van der Waals surface area contributed by atoms with Gasteiger partial charge >= 0.3 is 0 Å². The van der Waals surface area contributed by atoms with Gasteiger partial charge in [0.15, 0.2) is 10.2 Å². The van der Waals surface area contributed by atoms with Crippen LogP contribution in [0.3, 0.4) is 0 Å². The summed E-state index contributed by atoms with van der Waals surface area (Å²) in [4.78, 5) is 4.40. The van der Waals surface area contributed by atoms with E-state index in [0.717, 1.165) is 28.9 Å². The number of methoxy groups -OCH3 is 1. The van der Waals surface area contributed by atoms with Gasteiger partial charge in [-0.25, -0.2) is 4.98 Å². The Morgan fingerprint density at radius 3 is 2.71 bits per heavy atom. The first-order chi connectivity index (χ1) is 8.29. The van der Waals surface area contributed by atoms with Gasteiger partial charge in [0.05, 0.1) is 12.8 Å². The number of ether oxygens (including phenoxy) is 1. The third-order valence-corrected chi connectivity index (χ3v) is 3.55. The lowest BCUT2D eigenvalue weighted by Crippen LogP contribution is -2.04. The van der Waals surface area contributed by atoms with Gasteiger partial charge in [-0.05, 0) is 18.9 Å². The highest BCUT2D eigenvalue weighted by atomic mass is 32.1. The number of thiazole rings is 1. The Bertz CT molecular complexity index is 468. The number of anilines is 1. The highest BCUT2D eigenvalue weighted by molar-refractivity contribution is 7.17. The Hall–Kier alpha value is -1.55. The average molecular weight is 248 g/mol. The van der Waals surface area contributed by atoms with Gasteiger partial charge in [-0.2, -0.15) is 0 Å². The molecular formula is C13H16N2OS. The van der Waals surface area contributed by atoms with Crippen LogP contribution in [0.2, 0.25) is 0 Å². The van der Waals surface area contributed by atoms with Crippen LogP contribution in [0.5, 0.6) is 5.06 Å². The lowest BCUT2D eigenvalue weighted by atomic mass is 10.2. The molecule has 2 rings (SSSR count). The third kappa shape index (κ3) is 3.20. The van der Waals surface area contributed by atoms with Crippen LogP contribution >= 0.6 is 11.3 Å². The summed E-state index contributed by atoms with van der Waals surface area (Å²) in [5.74, 6) is 0. The fourth-order valence-corrected chi connectivity index (χ4v) is 2.41. The second kappa shape index (κ2) is 5.68. The van der Waals surface area contributed by atoms with Crippen LogP contribution < -0.4 is 10.1 Å². The number of benzene rings is 1. The number of nitrogens with zero attached hydrogens (tertiary/aromatic N) is 1. The molecule has 90 valence electrons. The van der Waals surface area contributed by atoms with Gasteiger partial charge < -0.3 is 10.1 Å². The standard InChI is InChI=1S/C13H16N2OS/c1-10-12(16-2)17-13(15-10)14-9-8-11-6-4-3-5-7-11/h3-7H,8-9H2,1-2H3,(H,14,15). The van der Waals surface area contributed by atoms with E-state index in [9.17, 15) is 0 Å². The third-order valence-electron chi connectivity index (χ3n) is 2.47. The summed E-state index contributed by atoms with van der Waals surface area (Å²) in [6, 6.07) is 10.4. The van der Waals surface area contributed by atoms with E-state index < -0.39 is 0 Å². The first-order valence-electron chi connectivity index (χ1n) is 5.59. The molecule has 0 aliphatic heterocycles. The molecule has 1 N–H and O–H groups in total. The maximum Gasteiger partial charge on any atom is 0.198 e. The Morgan fingerprint density at radius 2 is 2.06 bits per heavy atom. The highest BCUT2D eigenvalue weighted by Crippen LogP contribution is 2.29. The first-order valence-corrected chi connectivity index (χ1v) is 6.40. The number of hydrogen-bond acceptors (Lipinski definition) is 4. The predicted molar refractivity (Wildman–Crippen MR) is 72.0 cm³/mol. The Labute approximate surface area is 105 Å². The minimum atomic E-state index is 0.882. The van der Waals surface area contributed by atoms with Gasteiger partial charge in [0.2, 0.25) is 0 Å². The molecule has 0 unspecified atom stereocenters. The van der Waals surface area contributed by atoms with Crippen molar-refractivity contribution in [3.05, 3.63) is 41.6 Å². The van der Waals surface area contributed by atoms with E-state index in [1.165, 1.54) is 5.56 Å². The summed E-state index contributed by atoms with van der Waals surface area (Å²) < 4.78 is 5.21. The van der Waals surface area contributed by atoms with Crippen LogP contribution in [0, 0.1) is 6.92 Å². The maximum absolute atomic E-state index is 5.21. The van der Waals surface area contributed by atoms with Crippen molar-refractivity contribution in [2.24, 2.45) is 0 Å². The van der Waals surface area contributed by atoms with Crippen LogP contribution in [0.25, 0.3) is 0 Å². The molecule has 0 fully saturated rings. The van der Waals surface area contributed by atoms with Crippen molar-refractivity contribution in [2.75, 3.05) is 19.0 Å². The molecule has 1 aromatic heterocycles. The van der Waals surface area contributed by atoms with Crippen molar-refractivity contribution in [2.45, 2.75) is 13.3 Å². The second-order valence-corrected chi connectivity index (χ2v) is 4.72. The number of nitrogens with one attached hydrogen (secondary N) is 1. The van der Waals surface area contributed by atoms with Crippen LogP contribution in [0.4, 0.5) is 5.13 Å². The van der Waals surface area contributed by atoms with Gasteiger partial charge in [0, 0.05) is 6.54 Å². The van der Waals surface area contributed by atoms with Crippen LogP contribution in [-0.2, 0) is 6.42 Å². The van der Waals surface area contributed by atoms with E-state index >= 15 is 0 Å². The lowest BCUT2D eigenvalue weighted by Gasteiger charge is -2.02. The van der Waals surface area contributed by atoms with Crippen molar-refractivity contribution < 1.29 is 4.74 Å². The summed E-state index contributed by atoms with van der Waals surface area (Å²) in [6.45, 7) is 2.85. The Morgan fingerprint density at radius 1 is 1.29 bits per heavy atom. The molecule has 4 heteroatoms. The zero-order chi connectivity index (χ0) is 12.1. The number of aryl methyl sites for hydroxylation is 1. The van der Waals surface area contributed by atoms with Crippen molar-refractivity contribution in [1.82, 2.24) is 4.98 Å². The van der Waals surface area contributed by atoms with Crippen molar-refractivity contribution in [3.8, 4) is 5.06 Å². The van der Waals surface area contributed by atoms with Gasteiger partial charge in [-0.15, -0.1) is 0 Å². The van der Waals surface area contributed by atoms with Gasteiger partial charge in [-0.3, -0.25) is 0 Å². The summed E-state index contributed by atoms with van der Waals surface area (Å²) in [5, 5.41) is 5.12. The molecule has 0 atom stereocenters. The van der Waals surface area contributed by atoms with E-state index in [4.69, 9.17) is 4.74 Å². The van der Waals surface area contributed by atoms with Crippen LogP contribution in [0.15, 0.2) is 30.3 Å². The zero-order valence-electron chi connectivity index (χ0n) is 10.1.